The number of nitrogens with two attached hydrogens (primary N) is 3. The number of nitrogens with one attached hydrogen (secondary N) is 9. The molecule has 13 heterocycles. The van der Waals surface area contributed by atoms with E-state index >= 15 is 0 Å². The molecule has 720 valence electrons. The number of hydrogen-bond acceptors (Lipinski definition) is 35. The topological polar surface area (TPSA) is 600 Å². The van der Waals surface area contributed by atoms with Crippen molar-refractivity contribution in [3.63, 3.8) is 0 Å². The number of hydrogen-bond donors (Lipinski definition) is 13. The summed E-state index contributed by atoms with van der Waals surface area (Å²) in [4.78, 5) is 147. The van der Waals surface area contributed by atoms with Gasteiger partial charge in [-0.3, -0.25) is 48.7 Å². The number of aromatic nitrogens is 10. The van der Waals surface area contributed by atoms with Crippen molar-refractivity contribution in [3.05, 3.63) is 175 Å². The van der Waals surface area contributed by atoms with Gasteiger partial charge in [0.05, 0.1) is 74.2 Å². The maximum Gasteiger partial charge on any atom is 0.415 e. The molecule has 12 aliphatic rings. The van der Waals surface area contributed by atoms with Gasteiger partial charge >= 0.3 is 30.3 Å². The molecule has 4 saturated heterocycles. The number of halogens is 3. The van der Waals surface area contributed by atoms with Crippen molar-refractivity contribution >= 4 is 135 Å². The number of aromatic amines is 1. The number of cyclic esters (lactones) is 4. The fraction of sp³-hybridized carbons (Fsp3) is 0.411. The number of nitrogens with zero attached hydrogens (tertiary/aromatic N) is 14. The third kappa shape index (κ3) is 21.2. The molecule has 5 aromatic heterocycles. The van der Waals surface area contributed by atoms with Gasteiger partial charge in [0.25, 0.3) is 47.1 Å². The molecule has 16 N–H and O–H groups in total. The van der Waals surface area contributed by atoms with E-state index in [-0.39, 0.29) is 176 Å². The zero-order valence-electron chi connectivity index (χ0n) is 73.8. The lowest BCUT2D eigenvalue weighted by Crippen LogP contribution is -2.32. The highest BCUT2D eigenvalue weighted by atomic mass is 35.5. The van der Waals surface area contributed by atoms with Gasteiger partial charge in [-0.1, -0.05) is 71.2 Å². The lowest BCUT2D eigenvalue weighted by Gasteiger charge is -2.18. The summed E-state index contributed by atoms with van der Waals surface area (Å²) in [6.07, 6.45) is 9.47. The largest absolute Gasteiger partial charge is 0.487 e. The van der Waals surface area contributed by atoms with Crippen LogP contribution in [-0.2, 0) is 75.2 Å². The average Bonchev–Trinajstić information content (AvgIpc) is 1.62. The number of carboxylic acid groups (broad SMARTS) is 1. The van der Waals surface area contributed by atoms with Crippen molar-refractivity contribution in [1.29, 1.82) is 5.26 Å². The average molecular weight is 1950 g/mol. The Morgan fingerprint density at radius 2 is 0.783 bits per heavy atom. The van der Waals surface area contributed by atoms with Crippen LogP contribution in [0.4, 0.5) is 65.7 Å². The standard InChI is InChI=1S/C27H26N8O7.3C21H23ClN6O4/c28-8-14-5-18(40-12-16-1-4-31-34-16)7-20-19(14)6-15(23(20)26(37)38)9-29-3-2-17-11-35(27(39)42-17)21-10-30-25-24(32-21)33-22(36)13-41-25;3*22-15-3-1-2-13-14(15)6-11(18(13)23)7-24-5-4-12-9-28(21(30)32-12)16-8-25-20-19(26-16)27-17(29)10-31-20/h1,4-5,7,10,15,17,23,29H,2-3,6,9,11-13H2,(H,31,34)(H,37,38)(H,32,33,36);3*1-3,8,11-12,18,24H,4-7,9-10,23H2,(H,26,27,29)/t;11-,12+,18-;2*11-,12-,18-/m.110/s1. The van der Waals surface area contributed by atoms with Gasteiger partial charge in [-0.2, -0.15) is 10.4 Å². The normalized spacial score (nSPS) is 22.9. The lowest BCUT2D eigenvalue weighted by molar-refractivity contribution is -0.140. The summed E-state index contributed by atoms with van der Waals surface area (Å²) in [5, 5.41) is 52.8. The number of benzene rings is 4. The molecule has 0 bridgehead atoms. The number of ether oxygens (including phenoxy) is 9. The first-order valence-corrected chi connectivity index (χ1v) is 45.9. The summed E-state index contributed by atoms with van der Waals surface area (Å²) in [5.41, 5.74) is 28.4. The van der Waals surface area contributed by atoms with Crippen molar-refractivity contribution in [3.8, 4) is 35.3 Å². The number of carbonyl (C=O) groups is 9. The van der Waals surface area contributed by atoms with E-state index < -0.39 is 42.4 Å². The Labute approximate surface area is 801 Å². The summed E-state index contributed by atoms with van der Waals surface area (Å²) >= 11 is 18.9. The predicted octanol–water partition coefficient (Wildman–Crippen LogP) is 6.24. The second kappa shape index (κ2) is 41.9. The summed E-state index contributed by atoms with van der Waals surface area (Å²) in [6.45, 7) is 6.18. The molecule has 9 aromatic rings. The van der Waals surface area contributed by atoms with Gasteiger partial charge in [-0.15, -0.1) is 0 Å². The van der Waals surface area contributed by atoms with E-state index in [1.165, 1.54) is 44.4 Å². The Kier molecular flexibility index (Phi) is 28.6. The van der Waals surface area contributed by atoms with Crippen molar-refractivity contribution in [2.45, 2.75) is 106 Å². The maximum atomic E-state index is 12.5. The van der Waals surface area contributed by atoms with Crippen LogP contribution < -0.4 is 103 Å². The van der Waals surface area contributed by atoms with Crippen molar-refractivity contribution < 1.29 is 90.9 Å². The van der Waals surface area contributed by atoms with Gasteiger partial charge in [0.1, 0.15) is 36.8 Å². The molecule has 4 aromatic carbocycles. The molecular weight excluding hydrogens is 1860 g/mol. The number of carboxylic acids is 1. The number of nitriles is 1. The van der Waals surface area contributed by atoms with Crippen molar-refractivity contribution in [2.75, 3.05) is 146 Å². The number of aliphatic carboxylic acids is 1. The highest BCUT2D eigenvalue weighted by molar-refractivity contribution is 6.32. The van der Waals surface area contributed by atoms with Crippen molar-refractivity contribution in [1.82, 2.24) is 71.3 Å². The number of rotatable bonds is 28. The minimum absolute atomic E-state index is 0.0388. The fourth-order valence-electron chi connectivity index (χ4n) is 18.5. The monoisotopic (exact) mass is 1950 g/mol. The van der Waals surface area contributed by atoms with Crippen LogP contribution in [-0.4, -0.2) is 239 Å². The van der Waals surface area contributed by atoms with E-state index in [9.17, 15) is 53.5 Å². The van der Waals surface area contributed by atoms with Crippen molar-refractivity contribution in [2.24, 2.45) is 40.9 Å². The molecule has 138 heavy (non-hydrogen) atoms. The van der Waals surface area contributed by atoms with Gasteiger partial charge in [-0.25, -0.2) is 59.0 Å². The first-order valence-electron chi connectivity index (χ1n) is 44.8. The number of amides is 8. The predicted molar refractivity (Wildman–Crippen MR) is 493 cm³/mol. The lowest BCUT2D eigenvalue weighted by atomic mass is 9.92. The van der Waals surface area contributed by atoms with E-state index in [2.05, 4.69) is 98.7 Å². The van der Waals surface area contributed by atoms with Gasteiger partial charge in [0.2, 0.25) is 0 Å². The zero-order valence-corrected chi connectivity index (χ0v) is 76.1. The van der Waals surface area contributed by atoms with Crippen LogP contribution in [0, 0.1) is 35.0 Å². The smallest absolute Gasteiger partial charge is 0.415 e. The Bertz CT molecular complexity index is 5830. The molecule has 3 unspecified atom stereocenters. The van der Waals surface area contributed by atoms with Gasteiger partial charge in [0, 0.05) is 59.0 Å². The van der Waals surface area contributed by atoms with E-state index in [1.54, 1.807) is 24.4 Å². The second-order valence-electron chi connectivity index (χ2n) is 34.5. The Balaban J connectivity index is 0.000000123. The Morgan fingerprint density at radius 3 is 1.09 bits per heavy atom. The minimum atomic E-state index is -0.970. The Hall–Kier alpha value is -14.1. The van der Waals surface area contributed by atoms with E-state index in [4.69, 9.17) is 94.6 Å². The first kappa shape index (κ1) is 94.3. The SMILES string of the molecule is N#Cc1cc(OCc2cc[nH]n2)cc2c1CC(CNCCC1CN(c3cnc4c(n3)NC(=O)CO4)C(=O)O1)C2C(=O)O.N[C@@H]1c2cccc(Cl)c2C[C@H]1CNCC[C@H]1CN(c2cnc3c(n2)NC(=O)CO3)C(=O)O1.N[C@H]1c2cccc(Cl)c2C[C@@H]1CNCC[C@@H]1CN(c2cnc3c(n2)NC(=O)CO3)C(=O)O1.N[C@H]1c2cccc(Cl)c2C[C@@H]1CNCC[C@H]1CN(c2cnc3c(n2)NC(=O)CO3)C(=O)O1. The highest BCUT2D eigenvalue weighted by Gasteiger charge is 2.44. The molecule has 48 heteroatoms. The quantitative estimate of drug-likeness (QED) is 0.0190. The molecular formula is C90H95Cl3N26O19. The molecule has 8 amide bonds. The van der Waals surface area contributed by atoms with Crippen LogP contribution in [0.15, 0.2) is 104 Å². The van der Waals surface area contributed by atoms with E-state index in [0.717, 1.165) is 92.9 Å². The van der Waals surface area contributed by atoms with Crippen LogP contribution in [0.3, 0.4) is 0 Å². The maximum absolute atomic E-state index is 12.5. The van der Waals surface area contributed by atoms with Gasteiger partial charge in [-0.05, 0) is 189 Å². The van der Waals surface area contributed by atoms with Crippen LogP contribution in [0.5, 0.6) is 29.3 Å². The summed E-state index contributed by atoms with van der Waals surface area (Å²) in [7, 11) is 0. The van der Waals surface area contributed by atoms with E-state index in [1.807, 2.05) is 54.6 Å². The second-order valence-corrected chi connectivity index (χ2v) is 35.7. The summed E-state index contributed by atoms with van der Waals surface area (Å²) < 4.78 is 48.5. The van der Waals surface area contributed by atoms with Gasteiger partial charge in [0.15, 0.2) is 73.0 Å². The molecule has 4 fully saturated rings. The van der Waals surface area contributed by atoms with Crippen LogP contribution in [0.25, 0.3) is 0 Å². The Morgan fingerprint density at radius 1 is 0.457 bits per heavy atom. The fourth-order valence-corrected chi connectivity index (χ4v) is 19.2. The number of fused-ring (bicyclic) bond motifs is 8. The van der Waals surface area contributed by atoms with Gasteiger partial charge < -0.3 is 107 Å². The zero-order chi connectivity index (χ0) is 95.9. The molecule has 0 saturated carbocycles. The highest BCUT2D eigenvalue weighted by Crippen LogP contribution is 2.45. The molecule has 0 spiro atoms. The molecule has 45 nitrogen and oxygen atoms in total. The van der Waals surface area contributed by atoms with Crippen LogP contribution in [0.2, 0.25) is 15.1 Å². The summed E-state index contributed by atoms with van der Waals surface area (Å²) in [6, 6.07) is 24.8. The van der Waals surface area contributed by atoms with Crippen LogP contribution in [0.1, 0.15) is 105 Å². The first-order chi connectivity index (χ1) is 66.9. The summed E-state index contributed by atoms with van der Waals surface area (Å²) in [5.74, 6) is 0.642. The van der Waals surface area contributed by atoms with E-state index in [0.29, 0.717) is 124 Å². The molecule has 21 rings (SSSR count). The molecule has 12 atom stereocenters. The molecule has 4 aliphatic carbocycles. The molecule has 0 radical (unpaired) electrons. The number of H-pyrrole nitrogens is 1. The third-order valence-corrected chi connectivity index (χ3v) is 26.5. The van der Waals surface area contributed by atoms with Crippen LogP contribution >= 0.6 is 34.8 Å². The molecule has 8 aliphatic heterocycles. The number of carbonyl (C=O) groups excluding carboxylic acids is 8. The minimum Gasteiger partial charge on any atom is -0.487 e. The third-order valence-electron chi connectivity index (χ3n) is 25.4. The number of anilines is 8.